The zero-order chi connectivity index (χ0) is 21.4. The van der Waals surface area contributed by atoms with Crippen LogP contribution in [0.3, 0.4) is 0 Å². The van der Waals surface area contributed by atoms with Crippen molar-refractivity contribution >= 4 is 12.0 Å². The van der Waals surface area contributed by atoms with Gasteiger partial charge in [0.1, 0.15) is 0 Å². The van der Waals surface area contributed by atoms with Crippen LogP contribution in [0.4, 0.5) is 10.7 Å². The number of hydrogen-bond acceptors (Lipinski definition) is 4. The van der Waals surface area contributed by atoms with Crippen LogP contribution in [0.2, 0.25) is 0 Å². The lowest BCUT2D eigenvalue weighted by molar-refractivity contribution is 0.252. The molecule has 0 aliphatic heterocycles. The van der Waals surface area contributed by atoms with Gasteiger partial charge in [-0.1, -0.05) is 58.3 Å². The molecular weight excluding hydrogens is 378 g/mol. The topological polar surface area (TPSA) is 99.8 Å². The molecule has 30 heavy (non-hydrogen) atoms. The minimum Gasteiger partial charge on any atom is -0.337 e. The molecule has 7 nitrogen and oxygen atoms in total. The number of carbonyl (C=O) groups is 1. The average molecular weight is 414 g/mol. The molecule has 0 aliphatic rings. The van der Waals surface area contributed by atoms with E-state index < -0.39 is 0 Å². The zero-order valence-electron chi connectivity index (χ0n) is 18.1. The number of amides is 2. The second kappa shape index (κ2) is 14.3. The molecule has 0 saturated heterocycles. The first kappa shape index (κ1) is 23.6. The first-order valence-electron chi connectivity index (χ1n) is 11.2. The Kier molecular flexibility index (Phi) is 11.2. The second-order valence-corrected chi connectivity index (χ2v) is 7.65. The van der Waals surface area contributed by atoms with Crippen molar-refractivity contribution in [3.05, 3.63) is 52.2 Å². The van der Waals surface area contributed by atoms with Crippen LogP contribution in [0.15, 0.2) is 35.4 Å². The minimum atomic E-state index is -0.382. The number of nitrogens with zero attached hydrogens (tertiary/aromatic N) is 2. The van der Waals surface area contributed by atoms with Crippen molar-refractivity contribution < 1.29 is 4.79 Å². The normalized spacial score (nSPS) is 10.7. The Hall–Kier alpha value is -2.70. The van der Waals surface area contributed by atoms with Gasteiger partial charge in [0.25, 0.3) is 5.56 Å². The summed E-state index contributed by atoms with van der Waals surface area (Å²) in [5.74, 6) is 0.190. The Balaban J connectivity index is 1.66. The lowest BCUT2D eigenvalue weighted by Gasteiger charge is -2.08. The number of urea groups is 1. The molecule has 2 heterocycles. The summed E-state index contributed by atoms with van der Waals surface area (Å²) in [7, 11) is 0. The highest BCUT2D eigenvalue weighted by Gasteiger charge is 2.06. The molecule has 2 rings (SSSR count). The van der Waals surface area contributed by atoms with Crippen molar-refractivity contribution in [2.75, 3.05) is 11.9 Å². The molecule has 164 valence electrons. The summed E-state index contributed by atoms with van der Waals surface area (Å²) in [5.41, 5.74) is 1.57. The monoisotopic (exact) mass is 413 g/mol. The van der Waals surface area contributed by atoms with E-state index in [9.17, 15) is 9.59 Å². The fourth-order valence-corrected chi connectivity index (χ4v) is 3.33. The van der Waals surface area contributed by atoms with Gasteiger partial charge in [-0.3, -0.25) is 20.1 Å². The fourth-order valence-electron chi connectivity index (χ4n) is 3.33. The summed E-state index contributed by atoms with van der Waals surface area (Å²) in [5, 5.41) is 5.39. The van der Waals surface area contributed by atoms with Crippen molar-refractivity contribution in [3.8, 4) is 0 Å². The maximum absolute atomic E-state index is 12.1. The Morgan fingerprint density at radius 1 is 0.967 bits per heavy atom. The Morgan fingerprint density at radius 3 is 2.33 bits per heavy atom. The highest BCUT2D eigenvalue weighted by Crippen LogP contribution is 2.11. The average Bonchev–Trinajstić information content (AvgIpc) is 2.73. The van der Waals surface area contributed by atoms with E-state index >= 15 is 0 Å². The smallest absolute Gasteiger partial charge is 0.321 e. The van der Waals surface area contributed by atoms with Crippen LogP contribution in [0.25, 0.3) is 0 Å². The number of rotatable bonds is 14. The highest BCUT2D eigenvalue weighted by atomic mass is 16.2. The van der Waals surface area contributed by atoms with Crippen LogP contribution < -0.4 is 16.2 Å². The molecule has 0 atom stereocenters. The van der Waals surface area contributed by atoms with Gasteiger partial charge in [-0.05, 0) is 37.0 Å². The van der Waals surface area contributed by atoms with Crippen LogP contribution >= 0.6 is 0 Å². The first-order chi connectivity index (χ1) is 14.7. The van der Waals surface area contributed by atoms with Crippen LogP contribution in [-0.4, -0.2) is 27.5 Å². The van der Waals surface area contributed by atoms with Gasteiger partial charge >= 0.3 is 6.03 Å². The van der Waals surface area contributed by atoms with Gasteiger partial charge in [0, 0.05) is 30.7 Å². The number of hydrogen-bond donors (Lipinski definition) is 3. The molecule has 2 aromatic heterocycles. The number of anilines is 1. The first-order valence-corrected chi connectivity index (χ1v) is 11.2. The van der Waals surface area contributed by atoms with Crippen LogP contribution in [-0.2, 0) is 12.8 Å². The van der Waals surface area contributed by atoms with E-state index in [1.807, 2.05) is 12.1 Å². The Labute approximate surface area is 179 Å². The summed E-state index contributed by atoms with van der Waals surface area (Å²) in [6.07, 6.45) is 16.2. The van der Waals surface area contributed by atoms with Gasteiger partial charge in [0.05, 0.1) is 0 Å². The SMILES string of the molecule is CCCCCCCCCCCc1cc(=O)[nH]c(NC(=O)NCCc2ccncc2)n1. The molecule has 0 aromatic carbocycles. The number of nitrogens with one attached hydrogen (secondary N) is 3. The summed E-state index contributed by atoms with van der Waals surface area (Å²) in [4.78, 5) is 34.8. The maximum atomic E-state index is 12.1. The molecule has 7 heteroatoms. The molecule has 3 N–H and O–H groups in total. The van der Waals surface area contributed by atoms with Crippen LogP contribution in [0.1, 0.15) is 76.0 Å². The molecule has 0 saturated carbocycles. The van der Waals surface area contributed by atoms with Crippen molar-refractivity contribution in [1.82, 2.24) is 20.3 Å². The Morgan fingerprint density at radius 2 is 1.63 bits per heavy atom. The number of aromatic amines is 1. The number of carbonyl (C=O) groups excluding carboxylic acids is 1. The van der Waals surface area contributed by atoms with Crippen molar-refractivity contribution in [3.63, 3.8) is 0 Å². The van der Waals surface area contributed by atoms with E-state index in [4.69, 9.17) is 0 Å². The quantitative estimate of drug-likeness (QED) is 0.394. The summed E-state index contributed by atoms with van der Waals surface area (Å²) in [6, 6.07) is 4.95. The van der Waals surface area contributed by atoms with Crippen LogP contribution in [0.5, 0.6) is 0 Å². The molecule has 0 bridgehead atoms. The fraction of sp³-hybridized carbons (Fsp3) is 0.565. The summed E-state index contributed by atoms with van der Waals surface area (Å²) < 4.78 is 0. The van der Waals surface area contributed by atoms with Crippen LogP contribution in [0, 0.1) is 0 Å². The number of unbranched alkanes of at least 4 members (excludes halogenated alkanes) is 8. The third-order valence-electron chi connectivity index (χ3n) is 5.01. The minimum absolute atomic E-state index is 0.190. The van der Waals surface area contributed by atoms with Gasteiger partial charge in [-0.15, -0.1) is 0 Å². The predicted octanol–water partition coefficient (Wildman–Crippen LogP) is 4.60. The van der Waals surface area contributed by atoms with Gasteiger partial charge in [-0.2, -0.15) is 0 Å². The number of aryl methyl sites for hydroxylation is 1. The lowest BCUT2D eigenvalue weighted by atomic mass is 10.1. The predicted molar refractivity (Wildman–Crippen MR) is 121 cm³/mol. The maximum Gasteiger partial charge on any atom is 0.321 e. The third-order valence-corrected chi connectivity index (χ3v) is 5.01. The van der Waals surface area contributed by atoms with E-state index in [1.54, 1.807) is 12.4 Å². The third kappa shape index (κ3) is 10.2. The van der Waals surface area contributed by atoms with Crippen molar-refractivity contribution in [1.29, 1.82) is 0 Å². The van der Waals surface area contributed by atoms with Gasteiger partial charge in [0.15, 0.2) is 0 Å². The van der Waals surface area contributed by atoms with E-state index in [0.717, 1.165) is 24.8 Å². The highest BCUT2D eigenvalue weighted by molar-refractivity contribution is 5.87. The summed E-state index contributed by atoms with van der Waals surface area (Å²) >= 11 is 0. The van der Waals surface area contributed by atoms with E-state index in [-0.39, 0.29) is 17.5 Å². The lowest BCUT2D eigenvalue weighted by Crippen LogP contribution is -2.32. The zero-order valence-corrected chi connectivity index (χ0v) is 18.1. The molecule has 0 aliphatic carbocycles. The molecular formula is C23H35N5O2. The molecule has 0 unspecified atom stereocenters. The number of pyridine rings is 1. The summed E-state index contributed by atoms with van der Waals surface area (Å²) in [6.45, 7) is 2.72. The largest absolute Gasteiger partial charge is 0.337 e. The van der Waals surface area contributed by atoms with Gasteiger partial charge in [0.2, 0.25) is 5.95 Å². The van der Waals surface area contributed by atoms with E-state index in [0.29, 0.717) is 18.7 Å². The van der Waals surface area contributed by atoms with Gasteiger partial charge in [-0.25, -0.2) is 9.78 Å². The Bertz CT molecular complexity index is 792. The van der Waals surface area contributed by atoms with Crippen molar-refractivity contribution in [2.24, 2.45) is 0 Å². The van der Waals surface area contributed by atoms with Gasteiger partial charge < -0.3 is 5.32 Å². The van der Waals surface area contributed by atoms with Crippen molar-refractivity contribution in [2.45, 2.75) is 77.6 Å². The molecule has 2 amide bonds. The molecule has 0 spiro atoms. The molecule has 0 fully saturated rings. The standard InChI is InChI=1S/C23H35N5O2/c1-2-3-4-5-6-7-8-9-10-11-20-18-21(29)27-22(26-20)28-23(30)25-17-14-19-12-15-24-16-13-19/h12-13,15-16,18H,2-11,14,17H2,1H3,(H3,25,26,27,28,29,30). The number of H-pyrrole nitrogens is 1. The molecule has 0 radical (unpaired) electrons. The molecule has 2 aromatic rings. The second-order valence-electron chi connectivity index (χ2n) is 7.65. The number of aromatic nitrogens is 3. The van der Waals surface area contributed by atoms with E-state index in [2.05, 4.69) is 32.5 Å². The van der Waals surface area contributed by atoms with E-state index in [1.165, 1.54) is 51.0 Å².